The Morgan fingerprint density at radius 3 is 2.70 bits per heavy atom. The standard InChI is InChI=1S/C12H18F2N6/c1-4-19(8-12(2,13)14)11-16-10(18(3)15)9-6-5-7-20(9)17-11/h5-7H,4,8,15H2,1-3H3. The van der Waals surface area contributed by atoms with Gasteiger partial charge in [0.1, 0.15) is 5.52 Å². The van der Waals surface area contributed by atoms with E-state index in [4.69, 9.17) is 5.84 Å². The van der Waals surface area contributed by atoms with Gasteiger partial charge >= 0.3 is 0 Å². The monoisotopic (exact) mass is 284 g/mol. The van der Waals surface area contributed by atoms with Gasteiger partial charge in [0, 0.05) is 26.7 Å². The lowest BCUT2D eigenvalue weighted by Crippen LogP contribution is -2.37. The van der Waals surface area contributed by atoms with Crippen molar-refractivity contribution in [3.05, 3.63) is 18.3 Å². The predicted molar refractivity (Wildman–Crippen MR) is 74.1 cm³/mol. The zero-order chi connectivity index (χ0) is 14.9. The Morgan fingerprint density at radius 2 is 2.15 bits per heavy atom. The van der Waals surface area contributed by atoms with Crippen LogP contribution in [-0.4, -0.2) is 40.7 Å². The van der Waals surface area contributed by atoms with Crippen molar-refractivity contribution in [3.8, 4) is 0 Å². The maximum Gasteiger partial charge on any atom is 0.262 e. The van der Waals surface area contributed by atoms with Crippen LogP contribution in [0.4, 0.5) is 20.5 Å². The topological polar surface area (TPSA) is 62.7 Å². The summed E-state index contributed by atoms with van der Waals surface area (Å²) >= 11 is 0. The molecule has 2 aromatic heterocycles. The number of alkyl halides is 2. The van der Waals surface area contributed by atoms with Crippen molar-refractivity contribution in [2.75, 3.05) is 30.0 Å². The van der Waals surface area contributed by atoms with E-state index in [1.165, 1.54) is 9.91 Å². The maximum absolute atomic E-state index is 13.2. The molecule has 0 radical (unpaired) electrons. The van der Waals surface area contributed by atoms with E-state index in [9.17, 15) is 8.78 Å². The van der Waals surface area contributed by atoms with Crippen molar-refractivity contribution in [2.24, 2.45) is 5.84 Å². The molecule has 0 spiro atoms. The van der Waals surface area contributed by atoms with Gasteiger partial charge in [-0.05, 0) is 19.1 Å². The zero-order valence-electron chi connectivity index (χ0n) is 11.7. The Labute approximate surface area is 115 Å². The van der Waals surface area contributed by atoms with Crippen LogP contribution in [0.5, 0.6) is 0 Å². The van der Waals surface area contributed by atoms with Crippen LogP contribution >= 0.6 is 0 Å². The van der Waals surface area contributed by atoms with E-state index in [0.717, 1.165) is 12.4 Å². The fraction of sp³-hybridized carbons (Fsp3) is 0.500. The molecule has 0 aliphatic carbocycles. The number of hydrazine groups is 1. The fourth-order valence-corrected chi connectivity index (χ4v) is 1.96. The first-order valence-electron chi connectivity index (χ1n) is 6.28. The van der Waals surface area contributed by atoms with E-state index < -0.39 is 12.5 Å². The Balaban J connectivity index is 2.47. The minimum Gasteiger partial charge on any atom is -0.334 e. The summed E-state index contributed by atoms with van der Waals surface area (Å²) in [6, 6.07) is 3.61. The van der Waals surface area contributed by atoms with Crippen LogP contribution in [0.3, 0.4) is 0 Å². The molecule has 0 amide bonds. The average Bonchev–Trinajstić information content (AvgIpc) is 2.81. The van der Waals surface area contributed by atoms with Gasteiger partial charge in [0.05, 0.1) is 6.54 Å². The summed E-state index contributed by atoms with van der Waals surface area (Å²) in [4.78, 5) is 5.71. The molecule has 2 N–H and O–H groups in total. The Hall–Kier alpha value is -1.96. The lowest BCUT2D eigenvalue weighted by atomic mass is 10.3. The van der Waals surface area contributed by atoms with Crippen molar-refractivity contribution >= 4 is 17.3 Å². The highest BCUT2D eigenvalue weighted by atomic mass is 19.3. The summed E-state index contributed by atoms with van der Waals surface area (Å²) in [7, 11) is 1.64. The number of aromatic nitrogens is 3. The number of halogens is 2. The minimum atomic E-state index is -2.82. The molecule has 2 heterocycles. The molecule has 0 bridgehead atoms. The smallest absolute Gasteiger partial charge is 0.262 e. The molecule has 0 saturated heterocycles. The molecule has 0 fully saturated rings. The van der Waals surface area contributed by atoms with Crippen molar-refractivity contribution in [3.63, 3.8) is 0 Å². The highest BCUT2D eigenvalue weighted by Gasteiger charge is 2.26. The molecule has 0 saturated carbocycles. The molecule has 20 heavy (non-hydrogen) atoms. The molecule has 2 rings (SSSR count). The van der Waals surface area contributed by atoms with Crippen molar-refractivity contribution < 1.29 is 8.78 Å². The Bertz CT molecular complexity index is 589. The van der Waals surface area contributed by atoms with Crippen LogP contribution in [0.25, 0.3) is 5.52 Å². The second-order valence-corrected chi connectivity index (χ2v) is 4.77. The molecule has 2 aromatic rings. The third kappa shape index (κ3) is 2.96. The highest BCUT2D eigenvalue weighted by molar-refractivity contribution is 5.69. The zero-order valence-corrected chi connectivity index (χ0v) is 11.7. The van der Waals surface area contributed by atoms with Gasteiger partial charge in [0.2, 0.25) is 5.95 Å². The summed E-state index contributed by atoms with van der Waals surface area (Å²) in [6.07, 6.45) is 1.73. The molecule has 0 aromatic carbocycles. The van der Waals surface area contributed by atoms with Crippen LogP contribution in [0.1, 0.15) is 13.8 Å². The quantitative estimate of drug-likeness (QED) is 0.666. The van der Waals surface area contributed by atoms with E-state index in [1.54, 1.807) is 30.8 Å². The highest BCUT2D eigenvalue weighted by Crippen LogP contribution is 2.22. The van der Waals surface area contributed by atoms with E-state index in [2.05, 4.69) is 10.1 Å². The van der Waals surface area contributed by atoms with Gasteiger partial charge in [0.15, 0.2) is 5.82 Å². The van der Waals surface area contributed by atoms with Gasteiger partial charge in [-0.3, -0.25) is 5.01 Å². The third-order valence-corrected chi connectivity index (χ3v) is 2.83. The first-order chi connectivity index (χ1) is 9.31. The number of rotatable bonds is 5. The predicted octanol–water partition coefficient (Wildman–Crippen LogP) is 1.52. The van der Waals surface area contributed by atoms with E-state index in [1.807, 2.05) is 6.07 Å². The largest absolute Gasteiger partial charge is 0.334 e. The molecule has 110 valence electrons. The van der Waals surface area contributed by atoms with Crippen molar-refractivity contribution in [1.29, 1.82) is 0 Å². The molecular formula is C12H18F2N6. The van der Waals surface area contributed by atoms with E-state index in [-0.39, 0.29) is 5.95 Å². The summed E-state index contributed by atoms with van der Waals surface area (Å²) in [5.74, 6) is 3.63. The third-order valence-electron chi connectivity index (χ3n) is 2.83. The fourth-order valence-electron chi connectivity index (χ4n) is 1.96. The van der Waals surface area contributed by atoms with Gasteiger partial charge in [-0.2, -0.15) is 4.98 Å². The molecule has 0 aliphatic rings. The number of fused-ring (bicyclic) bond motifs is 1. The van der Waals surface area contributed by atoms with Gasteiger partial charge in [-0.1, -0.05) is 0 Å². The second-order valence-electron chi connectivity index (χ2n) is 4.77. The van der Waals surface area contributed by atoms with Crippen LogP contribution in [0.15, 0.2) is 18.3 Å². The lowest BCUT2D eigenvalue weighted by molar-refractivity contribution is 0.0298. The first kappa shape index (κ1) is 14.4. The van der Waals surface area contributed by atoms with Crippen LogP contribution in [0, 0.1) is 0 Å². The number of nitrogens with two attached hydrogens (primary N) is 1. The van der Waals surface area contributed by atoms with Crippen molar-refractivity contribution in [2.45, 2.75) is 19.8 Å². The van der Waals surface area contributed by atoms with Gasteiger partial charge in [0.25, 0.3) is 5.92 Å². The van der Waals surface area contributed by atoms with E-state index >= 15 is 0 Å². The van der Waals surface area contributed by atoms with Crippen LogP contribution < -0.4 is 15.8 Å². The second kappa shape index (κ2) is 5.20. The maximum atomic E-state index is 13.2. The minimum absolute atomic E-state index is 0.227. The number of hydrogen-bond acceptors (Lipinski definition) is 5. The molecular weight excluding hydrogens is 266 g/mol. The van der Waals surface area contributed by atoms with Gasteiger partial charge in [-0.25, -0.2) is 19.1 Å². The summed E-state index contributed by atoms with van der Waals surface area (Å²) in [5, 5.41) is 5.60. The normalized spacial score (nSPS) is 11.9. The molecule has 6 nitrogen and oxygen atoms in total. The lowest BCUT2D eigenvalue weighted by Gasteiger charge is -2.25. The van der Waals surface area contributed by atoms with Crippen LogP contribution in [0.2, 0.25) is 0 Å². The number of nitrogens with zero attached hydrogens (tertiary/aromatic N) is 5. The Kier molecular flexibility index (Phi) is 3.76. The Morgan fingerprint density at radius 1 is 1.45 bits per heavy atom. The number of anilines is 2. The summed E-state index contributed by atoms with van der Waals surface area (Å²) in [6.45, 7) is 2.59. The molecule has 0 aliphatic heterocycles. The number of hydrogen-bond donors (Lipinski definition) is 1. The SMILES string of the molecule is CCN(CC(C)(F)F)c1nc(N(C)N)c2cccn2n1. The molecule has 0 atom stereocenters. The molecule has 0 unspecified atom stereocenters. The summed E-state index contributed by atoms with van der Waals surface area (Å²) in [5.41, 5.74) is 0.720. The van der Waals surface area contributed by atoms with Crippen molar-refractivity contribution in [1.82, 2.24) is 14.6 Å². The van der Waals surface area contributed by atoms with Crippen LogP contribution in [-0.2, 0) is 0 Å². The summed E-state index contributed by atoms with van der Waals surface area (Å²) < 4.78 is 28.0. The van der Waals surface area contributed by atoms with E-state index in [0.29, 0.717) is 12.4 Å². The van der Waals surface area contributed by atoms with Gasteiger partial charge in [-0.15, -0.1) is 5.10 Å². The average molecular weight is 284 g/mol. The first-order valence-corrected chi connectivity index (χ1v) is 6.28. The molecule has 8 heteroatoms. The van der Waals surface area contributed by atoms with Gasteiger partial charge < -0.3 is 4.90 Å².